The van der Waals surface area contributed by atoms with Crippen LogP contribution in [0.4, 0.5) is 0 Å². The van der Waals surface area contributed by atoms with Crippen molar-refractivity contribution in [2.75, 3.05) is 13.2 Å². The lowest BCUT2D eigenvalue weighted by Crippen LogP contribution is -2.43. The minimum Gasteiger partial charge on any atom is -0.381 e. The van der Waals surface area contributed by atoms with Gasteiger partial charge in [-0.3, -0.25) is 4.98 Å². The number of aromatic nitrogens is 1. The highest BCUT2D eigenvalue weighted by Gasteiger charge is 2.32. The lowest BCUT2D eigenvalue weighted by atomic mass is 9.87. The Morgan fingerprint density at radius 2 is 2.07 bits per heavy atom. The zero-order chi connectivity index (χ0) is 10.0. The van der Waals surface area contributed by atoms with E-state index in [1.165, 1.54) is 0 Å². The molecular formula is C10H14BrIN2O. The number of nitrogens with two attached hydrogens (primary N) is 1. The van der Waals surface area contributed by atoms with Gasteiger partial charge in [0, 0.05) is 23.9 Å². The lowest BCUT2D eigenvalue weighted by molar-refractivity contribution is 0.0505. The molecule has 0 atom stereocenters. The fraction of sp³-hybridized carbons (Fsp3) is 0.500. The predicted octanol–water partition coefficient (Wildman–Crippen LogP) is 2.43. The molecular weight excluding hydrogens is 371 g/mol. The first-order valence-electron chi connectivity index (χ1n) is 4.70. The van der Waals surface area contributed by atoms with Gasteiger partial charge in [-0.1, -0.05) is 0 Å². The third-order valence-electron chi connectivity index (χ3n) is 2.62. The molecule has 0 saturated carbocycles. The van der Waals surface area contributed by atoms with Crippen molar-refractivity contribution in [2.45, 2.75) is 18.4 Å². The Labute approximate surface area is 115 Å². The van der Waals surface area contributed by atoms with Crippen molar-refractivity contribution in [1.29, 1.82) is 0 Å². The quantitative estimate of drug-likeness (QED) is 0.756. The number of hydrogen-bond donors (Lipinski definition) is 1. The van der Waals surface area contributed by atoms with E-state index in [2.05, 4.69) is 20.9 Å². The summed E-state index contributed by atoms with van der Waals surface area (Å²) >= 11 is 3.48. The fourth-order valence-corrected chi connectivity index (χ4v) is 2.37. The highest BCUT2D eigenvalue weighted by atomic mass is 127. The van der Waals surface area contributed by atoms with Crippen LogP contribution in [-0.2, 0) is 10.3 Å². The van der Waals surface area contributed by atoms with E-state index in [9.17, 15) is 0 Å². The number of ether oxygens (including phenoxy) is 1. The molecule has 0 aromatic carbocycles. The minimum absolute atomic E-state index is 0. The minimum atomic E-state index is -0.321. The average molecular weight is 385 g/mol. The summed E-state index contributed by atoms with van der Waals surface area (Å²) in [5.74, 6) is 0. The number of hydrogen-bond acceptors (Lipinski definition) is 3. The van der Waals surface area contributed by atoms with Crippen LogP contribution in [0.15, 0.2) is 22.8 Å². The Morgan fingerprint density at radius 1 is 1.40 bits per heavy atom. The van der Waals surface area contributed by atoms with E-state index in [4.69, 9.17) is 10.5 Å². The number of halogens is 2. The molecule has 15 heavy (non-hydrogen) atoms. The maximum atomic E-state index is 6.31. The number of rotatable bonds is 1. The summed E-state index contributed by atoms with van der Waals surface area (Å²) < 4.78 is 6.29. The van der Waals surface area contributed by atoms with Crippen molar-refractivity contribution in [2.24, 2.45) is 5.73 Å². The van der Waals surface area contributed by atoms with Gasteiger partial charge >= 0.3 is 0 Å². The summed E-state index contributed by atoms with van der Waals surface area (Å²) in [7, 11) is 0. The monoisotopic (exact) mass is 384 g/mol. The zero-order valence-corrected chi connectivity index (χ0v) is 12.2. The van der Waals surface area contributed by atoms with Crippen molar-refractivity contribution in [3.63, 3.8) is 0 Å². The molecule has 2 rings (SSSR count). The molecule has 3 nitrogen and oxygen atoms in total. The summed E-state index contributed by atoms with van der Waals surface area (Å²) in [4.78, 5) is 4.35. The standard InChI is InChI=1S/C10H13BrN2O.HI/c11-8-2-1-5-13-9(8)10(12)3-6-14-7-4-10;/h1-2,5H,3-4,6-7,12H2;1H. The molecule has 1 aromatic heterocycles. The Morgan fingerprint density at radius 3 is 2.67 bits per heavy atom. The molecule has 0 bridgehead atoms. The highest BCUT2D eigenvalue weighted by molar-refractivity contribution is 14.0. The molecule has 84 valence electrons. The van der Waals surface area contributed by atoms with E-state index in [1.807, 2.05) is 12.1 Å². The van der Waals surface area contributed by atoms with Crippen LogP contribution in [0.2, 0.25) is 0 Å². The molecule has 0 amide bonds. The maximum Gasteiger partial charge on any atom is 0.0745 e. The molecule has 5 heteroatoms. The number of pyridine rings is 1. The van der Waals surface area contributed by atoms with E-state index >= 15 is 0 Å². The lowest BCUT2D eigenvalue weighted by Gasteiger charge is -2.33. The van der Waals surface area contributed by atoms with Gasteiger partial charge in [0.1, 0.15) is 0 Å². The van der Waals surface area contributed by atoms with Gasteiger partial charge in [0.15, 0.2) is 0 Å². The van der Waals surface area contributed by atoms with Gasteiger partial charge in [-0.15, -0.1) is 24.0 Å². The number of nitrogens with zero attached hydrogens (tertiary/aromatic N) is 1. The average Bonchev–Trinajstić information content (AvgIpc) is 2.19. The summed E-state index contributed by atoms with van der Waals surface area (Å²) in [6.45, 7) is 1.44. The smallest absolute Gasteiger partial charge is 0.0745 e. The first-order chi connectivity index (χ1) is 6.72. The molecule has 0 radical (unpaired) electrons. The highest BCUT2D eigenvalue weighted by Crippen LogP contribution is 2.32. The molecule has 1 aliphatic heterocycles. The van der Waals surface area contributed by atoms with Gasteiger partial charge in [0.25, 0.3) is 0 Å². The molecule has 1 aliphatic rings. The van der Waals surface area contributed by atoms with Crippen LogP contribution in [0.25, 0.3) is 0 Å². The van der Waals surface area contributed by atoms with Gasteiger partial charge in [0.05, 0.1) is 11.2 Å². The van der Waals surface area contributed by atoms with Crippen LogP contribution in [0, 0.1) is 0 Å². The first kappa shape index (κ1) is 13.3. The summed E-state index contributed by atoms with van der Waals surface area (Å²) in [6.07, 6.45) is 3.45. The molecule has 1 fully saturated rings. The Bertz CT molecular complexity index is 329. The van der Waals surface area contributed by atoms with Crippen LogP contribution in [0.1, 0.15) is 18.5 Å². The van der Waals surface area contributed by atoms with Gasteiger partial charge in [-0.2, -0.15) is 0 Å². The van der Waals surface area contributed by atoms with Crippen LogP contribution in [-0.4, -0.2) is 18.2 Å². The van der Waals surface area contributed by atoms with E-state index in [0.717, 1.165) is 36.2 Å². The molecule has 0 aliphatic carbocycles. The Balaban J connectivity index is 0.00000112. The maximum absolute atomic E-state index is 6.31. The normalized spacial score (nSPS) is 19.3. The summed E-state index contributed by atoms with van der Waals surface area (Å²) in [5.41, 5.74) is 6.94. The molecule has 0 spiro atoms. The van der Waals surface area contributed by atoms with E-state index in [0.29, 0.717) is 0 Å². The second kappa shape index (κ2) is 5.56. The van der Waals surface area contributed by atoms with Gasteiger partial charge in [0.2, 0.25) is 0 Å². The van der Waals surface area contributed by atoms with Gasteiger partial charge in [-0.05, 0) is 40.9 Å². The first-order valence-corrected chi connectivity index (χ1v) is 5.49. The third-order valence-corrected chi connectivity index (χ3v) is 3.26. The predicted molar refractivity (Wildman–Crippen MR) is 73.3 cm³/mol. The van der Waals surface area contributed by atoms with E-state index in [1.54, 1.807) is 6.20 Å². The van der Waals surface area contributed by atoms with Crippen molar-refractivity contribution in [3.8, 4) is 0 Å². The SMILES string of the molecule is I.NC1(c2ncccc2Br)CCOCC1. The summed E-state index contributed by atoms with van der Waals surface area (Å²) in [6, 6.07) is 3.88. The van der Waals surface area contributed by atoms with Crippen LogP contribution >= 0.6 is 39.9 Å². The Hall–Kier alpha value is 0.280. The second-order valence-electron chi connectivity index (χ2n) is 3.60. The zero-order valence-electron chi connectivity index (χ0n) is 8.28. The van der Waals surface area contributed by atoms with Crippen molar-refractivity contribution in [3.05, 3.63) is 28.5 Å². The molecule has 2 N–H and O–H groups in total. The molecule has 0 unspecified atom stereocenters. The third kappa shape index (κ3) is 2.89. The van der Waals surface area contributed by atoms with Crippen molar-refractivity contribution >= 4 is 39.9 Å². The summed E-state index contributed by atoms with van der Waals surface area (Å²) in [5, 5.41) is 0. The van der Waals surface area contributed by atoms with E-state index in [-0.39, 0.29) is 29.5 Å². The van der Waals surface area contributed by atoms with Gasteiger partial charge < -0.3 is 10.5 Å². The van der Waals surface area contributed by atoms with Crippen molar-refractivity contribution < 1.29 is 4.74 Å². The fourth-order valence-electron chi connectivity index (χ4n) is 1.72. The van der Waals surface area contributed by atoms with Gasteiger partial charge in [-0.25, -0.2) is 0 Å². The van der Waals surface area contributed by atoms with Crippen LogP contribution in [0.3, 0.4) is 0 Å². The van der Waals surface area contributed by atoms with Crippen molar-refractivity contribution in [1.82, 2.24) is 4.98 Å². The second-order valence-corrected chi connectivity index (χ2v) is 4.46. The van der Waals surface area contributed by atoms with Crippen LogP contribution < -0.4 is 5.73 Å². The molecule has 2 heterocycles. The Kier molecular flexibility index (Phi) is 4.95. The largest absolute Gasteiger partial charge is 0.381 e. The van der Waals surface area contributed by atoms with E-state index < -0.39 is 0 Å². The van der Waals surface area contributed by atoms with Crippen LogP contribution in [0.5, 0.6) is 0 Å². The molecule has 1 aromatic rings. The molecule has 1 saturated heterocycles. The topological polar surface area (TPSA) is 48.1 Å².